The summed E-state index contributed by atoms with van der Waals surface area (Å²) in [4.78, 5) is 20.9. The van der Waals surface area contributed by atoms with E-state index >= 15 is 0 Å². The average molecular weight is 381 g/mol. The summed E-state index contributed by atoms with van der Waals surface area (Å²) in [5.74, 6) is 0.759. The smallest absolute Gasteiger partial charge is 0.282 e. The lowest BCUT2D eigenvalue weighted by Crippen LogP contribution is -3.14. The number of likely N-dealkylation sites (N-methyl/N-ethyl adjacent to an activating group) is 1. The molecule has 0 radical (unpaired) electrons. The lowest BCUT2D eigenvalue weighted by Gasteiger charge is -2.30. The zero-order valence-electron chi connectivity index (χ0n) is 15.7. The Hall–Kier alpha value is -2.24. The Morgan fingerprint density at radius 2 is 1.81 bits per heavy atom. The topological polar surface area (TPSA) is 37.6 Å². The third-order valence-electron chi connectivity index (χ3n) is 5.44. The molecule has 5 heteroatoms. The molecule has 1 saturated heterocycles. The molecule has 4 nitrogen and oxygen atoms in total. The van der Waals surface area contributed by atoms with Gasteiger partial charge < -0.3 is 9.80 Å². The normalized spacial score (nSPS) is 19.9. The number of aromatic nitrogens is 1. The number of fused-ring (bicyclic) bond motifs is 1. The third kappa shape index (κ3) is 4.04. The number of benzene rings is 2. The van der Waals surface area contributed by atoms with Crippen molar-refractivity contribution in [3.05, 3.63) is 59.6 Å². The van der Waals surface area contributed by atoms with E-state index in [1.54, 1.807) is 0 Å². The van der Waals surface area contributed by atoms with E-state index in [9.17, 15) is 4.79 Å². The maximum absolute atomic E-state index is 12.8. The van der Waals surface area contributed by atoms with Crippen LogP contribution in [0.5, 0.6) is 0 Å². The van der Waals surface area contributed by atoms with Crippen molar-refractivity contribution in [2.75, 3.05) is 31.1 Å². The molecule has 0 aliphatic carbocycles. The highest BCUT2D eigenvalue weighted by Gasteiger charge is 2.28. The minimum Gasteiger partial charge on any atom is -0.327 e. The second-order valence-electron chi connectivity index (χ2n) is 7.19. The molecular formula is C22H26N3OS+. The third-order valence-corrected chi connectivity index (χ3v) is 6.64. The summed E-state index contributed by atoms with van der Waals surface area (Å²) in [5, 5.41) is 1.26. The van der Waals surface area contributed by atoms with Crippen molar-refractivity contribution in [1.82, 2.24) is 4.98 Å². The van der Waals surface area contributed by atoms with E-state index in [-0.39, 0.29) is 5.91 Å². The van der Waals surface area contributed by atoms with Gasteiger partial charge in [-0.2, -0.15) is 0 Å². The molecule has 0 unspecified atom stereocenters. The molecule has 3 aromatic rings. The van der Waals surface area contributed by atoms with Crippen LogP contribution < -0.4 is 9.80 Å². The number of likely N-dealkylation sites (tertiary alicyclic amines) is 1. The predicted octanol–water partition coefficient (Wildman–Crippen LogP) is 3.11. The van der Waals surface area contributed by atoms with E-state index in [1.165, 1.54) is 14.6 Å². The summed E-state index contributed by atoms with van der Waals surface area (Å²) in [6.07, 6.45) is 2.22. The largest absolute Gasteiger partial charge is 0.327 e. The molecule has 0 atom stereocenters. The van der Waals surface area contributed by atoms with Gasteiger partial charge in [-0.05, 0) is 31.2 Å². The van der Waals surface area contributed by atoms with Crippen molar-refractivity contribution >= 4 is 33.1 Å². The van der Waals surface area contributed by atoms with Gasteiger partial charge in [0.05, 0.1) is 28.3 Å². The van der Waals surface area contributed by atoms with Crippen LogP contribution in [-0.2, 0) is 4.79 Å². The van der Waals surface area contributed by atoms with Crippen molar-refractivity contribution < 1.29 is 9.69 Å². The van der Waals surface area contributed by atoms with Crippen LogP contribution in [0.15, 0.2) is 54.6 Å². The number of piperidine rings is 1. The number of hydrogen-bond donors (Lipinski definition) is 1. The molecule has 0 saturated carbocycles. The molecule has 2 heterocycles. The lowest BCUT2D eigenvalue weighted by atomic mass is 9.97. The molecule has 1 aliphatic rings. The number of amides is 1. The monoisotopic (exact) mass is 380 g/mol. The van der Waals surface area contributed by atoms with Gasteiger partial charge >= 0.3 is 0 Å². The van der Waals surface area contributed by atoms with Crippen molar-refractivity contribution in [3.63, 3.8) is 0 Å². The van der Waals surface area contributed by atoms with Gasteiger partial charge in [0.25, 0.3) is 5.91 Å². The van der Waals surface area contributed by atoms with E-state index in [0.29, 0.717) is 19.0 Å². The van der Waals surface area contributed by atoms with E-state index < -0.39 is 0 Å². The first kappa shape index (κ1) is 18.1. The Labute approximate surface area is 164 Å². The predicted molar refractivity (Wildman–Crippen MR) is 112 cm³/mol. The van der Waals surface area contributed by atoms with Crippen LogP contribution in [0.1, 0.15) is 30.7 Å². The van der Waals surface area contributed by atoms with Crippen LogP contribution in [0.4, 0.5) is 5.69 Å². The van der Waals surface area contributed by atoms with Crippen LogP contribution in [-0.4, -0.2) is 37.1 Å². The minimum absolute atomic E-state index is 0.220. The highest BCUT2D eigenvalue weighted by atomic mass is 32.1. The highest BCUT2D eigenvalue weighted by molar-refractivity contribution is 7.18. The van der Waals surface area contributed by atoms with E-state index in [0.717, 1.165) is 37.1 Å². The number of carbonyl (C=O) groups is 1. The molecular weight excluding hydrogens is 354 g/mol. The van der Waals surface area contributed by atoms with Gasteiger partial charge in [0.15, 0.2) is 6.54 Å². The van der Waals surface area contributed by atoms with E-state index in [2.05, 4.69) is 24.3 Å². The summed E-state index contributed by atoms with van der Waals surface area (Å²) < 4.78 is 1.28. The molecule has 0 spiro atoms. The quantitative estimate of drug-likeness (QED) is 0.739. The molecule has 140 valence electrons. The van der Waals surface area contributed by atoms with Crippen LogP contribution in [0.2, 0.25) is 0 Å². The fraction of sp³-hybridized carbons (Fsp3) is 0.364. The summed E-state index contributed by atoms with van der Waals surface area (Å²) in [6, 6.07) is 18.4. The van der Waals surface area contributed by atoms with Gasteiger partial charge in [0.1, 0.15) is 0 Å². The molecule has 1 aliphatic heterocycles. The number of carbonyl (C=O) groups excluding carboxylic acids is 1. The number of nitrogens with zero attached hydrogens (tertiary/aromatic N) is 2. The number of hydrogen-bond acceptors (Lipinski definition) is 3. The Kier molecular flexibility index (Phi) is 5.50. The van der Waals surface area contributed by atoms with Crippen LogP contribution in [0.25, 0.3) is 10.2 Å². The van der Waals surface area contributed by atoms with Crippen molar-refractivity contribution in [3.8, 4) is 0 Å². The second kappa shape index (κ2) is 8.19. The zero-order chi connectivity index (χ0) is 18.6. The Bertz CT molecular complexity index is 867. The average Bonchev–Trinajstić information content (AvgIpc) is 3.14. The fourth-order valence-electron chi connectivity index (χ4n) is 3.93. The summed E-state index contributed by atoms with van der Waals surface area (Å²) in [5.41, 5.74) is 2.11. The molecule has 1 aromatic heterocycles. The maximum Gasteiger partial charge on any atom is 0.282 e. The standard InChI is InChI=1S/C22H25N3OS/c1-2-25(18-8-4-3-5-9-18)21(26)16-24-14-12-17(13-15-24)22-23-19-10-6-7-11-20(19)27-22/h3-11,17H,2,12-16H2,1H3/p+1. The molecule has 4 rings (SSSR count). The van der Waals surface area contributed by atoms with Crippen LogP contribution >= 0.6 is 11.3 Å². The Morgan fingerprint density at radius 3 is 2.52 bits per heavy atom. The molecule has 1 fully saturated rings. The van der Waals surface area contributed by atoms with E-state index in [1.807, 2.05) is 53.5 Å². The lowest BCUT2D eigenvalue weighted by molar-refractivity contribution is -0.897. The summed E-state index contributed by atoms with van der Waals surface area (Å²) in [6.45, 7) is 5.41. The second-order valence-corrected chi connectivity index (χ2v) is 8.26. The molecule has 0 bridgehead atoms. The van der Waals surface area contributed by atoms with Gasteiger partial charge in [-0.1, -0.05) is 30.3 Å². The number of rotatable bonds is 5. The zero-order valence-corrected chi connectivity index (χ0v) is 16.5. The summed E-state index contributed by atoms with van der Waals surface area (Å²) >= 11 is 1.83. The van der Waals surface area contributed by atoms with Gasteiger partial charge in [-0.15, -0.1) is 11.3 Å². The first-order valence-corrected chi connectivity index (χ1v) is 10.6. The molecule has 1 N–H and O–H groups in total. The minimum atomic E-state index is 0.220. The molecule has 2 aromatic carbocycles. The number of anilines is 1. The van der Waals surface area contributed by atoms with Crippen molar-refractivity contribution in [2.24, 2.45) is 0 Å². The fourth-order valence-corrected chi connectivity index (χ4v) is 5.07. The first-order chi connectivity index (χ1) is 13.2. The van der Waals surface area contributed by atoms with E-state index in [4.69, 9.17) is 4.98 Å². The number of thiazole rings is 1. The molecule has 27 heavy (non-hydrogen) atoms. The highest BCUT2D eigenvalue weighted by Crippen LogP contribution is 2.31. The van der Waals surface area contributed by atoms with Gasteiger partial charge in [-0.25, -0.2) is 4.98 Å². The van der Waals surface area contributed by atoms with Gasteiger partial charge in [0.2, 0.25) is 0 Å². The Morgan fingerprint density at radius 1 is 1.11 bits per heavy atom. The SMILES string of the molecule is CCN(C(=O)C[NH+]1CCC(c2nc3ccccc3s2)CC1)c1ccccc1. The van der Waals surface area contributed by atoms with Gasteiger partial charge in [0, 0.05) is 31.0 Å². The van der Waals surface area contributed by atoms with Crippen LogP contribution in [0, 0.1) is 0 Å². The first-order valence-electron chi connectivity index (χ1n) is 9.79. The van der Waals surface area contributed by atoms with Crippen molar-refractivity contribution in [2.45, 2.75) is 25.7 Å². The maximum atomic E-state index is 12.8. The molecule has 1 amide bonds. The number of para-hydroxylation sites is 2. The Balaban J connectivity index is 1.35. The summed E-state index contributed by atoms with van der Waals surface area (Å²) in [7, 11) is 0. The number of nitrogens with one attached hydrogen (secondary N) is 1. The number of quaternary nitrogens is 1. The van der Waals surface area contributed by atoms with Gasteiger partial charge in [-0.3, -0.25) is 4.79 Å². The van der Waals surface area contributed by atoms with Crippen molar-refractivity contribution in [1.29, 1.82) is 0 Å². The van der Waals surface area contributed by atoms with Crippen LogP contribution in [0.3, 0.4) is 0 Å².